The van der Waals surface area contributed by atoms with Gasteiger partial charge in [0.25, 0.3) is 11.8 Å². The molecule has 0 bridgehead atoms. The number of nitriles is 1. The van der Waals surface area contributed by atoms with E-state index in [0.717, 1.165) is 39.0 Å². The molecule has 0 radical (unpaired) electrons. The predicted molar refractivity (Wildman–Crippen MR) is 175 cm³/mol. The second kappa shape index (κ2) is 11.1. The molecule has 4 aromatic heterocycles. The number of likely N-dealkylation sites (N-methyl/N-ethyl adjacent to an activating group) is 2. The van der Waals surface area contributed by atoms with Gasteiger partial charge in [-0.05, 0) is 61.5 Å². The first-order chi connectivity index (χ1) is 20.7. The summed E-state index contributed by atoms with van der Waals surface area (Å²) in [4.78, 5) is 44.4. The summed E-state index contributed by atoms with van der Waals surface area (Å²) in [5.41, 5.74) is 2.68. The third kappa shape index (κ3) is 4.87. The van der Waals surface area contributed by atoms with Gasteiger partial charge in [0, 0.05) is 55.0 Å². The van der Waals surface area contributed by atoms with Crippen LogP contribution in [0.15, 0.2) is 71.1 Å². The highest BCUT2D eigenvalue weighted by molar-refractivity contribution is 7.23. The Morgan fingerprint density at radius 2 is 1.09 bits per heavy atom. The van der Waals surface area contributed by atoms with Crippen molar-refractivity contribution < 1.29 is 9.59 Å². The van der Waals surface area contributed by atoms with Gasteiger partial charge in [-0.1, -0.05) is 0 Å². The minimum Gasteiger partial charge on any atom is -0.309 e. The molecule has 43 heavy (non-hydrogen) atoms. The molecule has 11 heteroatoms. The van der Waals surface area contributed by atoms with Crippen LogP contribution in [0.4, 0.5) is 0 Å². The van der Waals surface area contributed by atoms with Crippen LogP contribution in [0.3, 0.4) is 0 Å². The molecule has 0 fully saturated rings. The Hall–Kier alpha value is -4.83. The lowest BCUT2D eigenvalue weighted by atomic mass is 10.1. The van der Waals surface area contributed by atoms with Crippen molar-refractivity contribution in [3.05, 3.63) is 113 Å². The fraction of sp³-hybridized carbons (Fsp3) is 0.0938. The van der Waals surface area contributed by atoms with Gasteiger partial charge in [-0.2, -0.15) is 15.0 Å². The highest BCUT2D eigenvalue weighted by Gasteiger charge is 2.47. The Kier molecular flexibility index (Phi) is 7.31. The van der Waals surface area contributed by atoms with Gasteiger partial charge in [-0.15, -0.1) is 45.3 Å². The van der Waals surface area contributed by atoms with Gasteiger partial charge in [-0.3, -0.25) is 9.59 Å². The molecule has 0 unspecified atom stereocenters. The van der Waals surface area contributed by atoms with E-state index in [0.29, 0.717) is 28.1 Å². The largest absolute Gasteiger partial charge is 0.520 e. The number of thiophene rings is 4. The lowest BCUT2D eigenvalue weighted by Crippen LogP contribution is -2.24. The van der Waals surface area contributed by atoms with E-state index in [-0.39, 0.29) is 17.6 Å². The maximum Gasteiger partial charge on any atom is 0.520 e. The summed E-state index contributed by atoms with van der Waals surface area (Å²) in [6, 6.07) is 17.8. The molecule has 6 rings (SSSR count). The van der Waals surface area contributed by atoms with E-state index in [9.17, 15) is 9.59 Å². The normalized spacial score (nSPS) is 14.7. The maximum absolute atomic E-state index is 13.7. The van der Waals surface area contributed by atoms with Crippen LogP contribution in [-0.2, 0) is 9.59 Å². The zero-order valence-corrected chi connectivity index (χ0v) is 26.2. The second-order valence-corrected chi connectivity index (χ2v) is 14.0. The van der Waals surface area contributed by atoms with E-state index < -0.39 is 0 Å². The van der Waals surface area contributed by atoms with Crippen LogP contribution < -0.4 is 0 Å². The predicted octanol–water partition coefficient (Wildman–Crippen LogP) is 8.40. The van der Waals surface area contributed by atoms with Crippen molar-refractivity contribution >= 4 is 80.7 Å². The van der Waals surface area contributed by atoms with Crippen LogP contribution in [0.25, 0.3) is 52.7 Å². The number of carbonyl (C=O) groups excluding carboxylic acids is 2. The van der Waals surface area contributed by atoms with Crippen molar-refractivity contribution in [3.63, 3.8) is 0 Å². The first kappa shape index (κ1) is 28.3. The summed E-state index contributed by atoms with van der Waals surface area (Å²) in [5, 5.41) is 9.09. The topological polar surface area (TPSA) is 73.1 Å². The molecular formula is C32H19N5O2S4. The van der Waals surface area contributed by atoms with Crippen LogP contribution in [0, 0.1) is 24.5 Å². The SMILES string of the molecule is [C-]#[N+]C(=Cc1ccc(-c2ccc(C3=C4C(=O)N(C)C(c5ccc(-c6ccc(/C=C(/C)C#N)s6)s5)=C4C(=O)N3C)s2)s1)[N+]#[C-]. The number of rotatable bonds is 6. The highest BCUT2D eigenvalue weighted by atomic mass is 32.1. The van der Waals surface area contributed by atoms with Gasteiger partial charge in [-0.25, -0.2) is 0 Å². The number of fused-ring (bicyclic) bond motifs is 1. The molecule has 2 aliphatic heterocycles. The monoisotopic (exact) mass is 633 g/mol. The maximum atomic E-state index is 13.7. The first-order valence-corrected chi connectivity index (χ1v) is 16.0. The lowest BCUT2D eigenvalue weighted by molar-refractivity contribution is -0.123. The van der Waals surface area contributed by atoms with Crippen molar-refractivity contribution in [2.45, 2.75) is 6.92 Å². The molecular weight excluding hydrogens is 615 g/mol. The van der Waals surface area contributed by atoms with Gasteiger partial charge >= 0.3 is 5.82 Å². The average molecular weight is 634 g/mol. The highest BCUT2D eigenvalue weighted by Crippen LogP contribution is 2.49. The summed E-state index contributed by atoms with van der Waals surface area (Å²) in [7, 11) is 3.41. The summed E-state index contributed by atoms with van der Waals surface area (Å²) < 4.78 is 0. The Morgan fingerprint density at radius 1 is 0.698 bits per heavy atom. The van der Waals surface area contributed by atoms with E-state index in [1.54, 1.807) is 48.2 Å². The quantitative estimate of drug-likeness (QED) is 0.158. The van der Waals surface area contributed by atoms with Crippen LogP contribution >= 0.6 is 45.3 Å². The number of hydrogen-bond donors (Lipinski definition) is 0. The minimum atomic E-state index is -0.215. The van der Waals surface area contributed by atoms with Gasteiger partial charge in [0.15, 0.2) is 0 Å². The molecule has 7 nitrogen and oxygen atoms in total. The molecule has 0 aliphatic carbocycles. The molecule has 0 spiro atoms. The Bertz CT molecular complexity index is 2090. The van der Waals surface area contributed by atoms with Gasteiger partial charge in [0.05, 0.1) is 38.4 Å². The smallest absolute Gasteiger partial charge is 0.309 e. The zero-order chi connectivity index (χ0) is 30.4. The van der Waals surface area contributed by atoms with Crippen LogP contribution in [0.2, 0.25) is 0 Å². The molecule has 6 heterocycles. The van der Waals surface area contributed by atoms with E-state index >= 15 is 0 Å². The minimum absolute atomic E-state index is 0.0122. The Morgan fingerprint density at radius 3 is 1.53 bits per heavy atom. The molecule has 0 saturated carbocycles. The van der Waals surface area contributed by atoms with Crippen molar-refractivity contribution in [2.24, 2.45) is 0 Å². The first-order valence-electron chi connectivity index (χ1n) is 12.7. The van der Waals surface area contributed by atoms with Crippen LogP contribution in [0.1, 0.15) is 26.4 Å². The molecule has 2 amide bonds. The fourth-order valence-electron chi connectivity index (χ4n) is 4.89. The van der Waals surface area contributed by atoms with E-state index in [1.807, 2.05) is 54.6 Å². The van der Waals surface area contributed by atoms with Crippen molar-refractivity contribution in [1.29, 1.82) is 5.26 Å². The number of allylic oxidation sites excluding steroid dienone is 1. The lowest BCUT2D eigenvalue weighted by Gasteiger charge is -2.18. The molecule has 208 valence electrons. The summed E-state index contributed by atoms with van der Waals surface area (Å²) in [6.45, 7) is 16.0. The fourth-order valence-corrected chi connectivity index (χ4v) is 9.20. The van der Waals surface area contributed by atoms with Gasteiger partial charge in [0.1, 0.15) is 13.1 Å². The molecule has 0 saturated heterocycles. The molecule has 0 aromatic carbocycles. The molecule has 2 aliphatic rings. The van der Waals surface area contributed by atoms with E-state index in [1.165, 1.54) is 34.0 Å². The van der Waals surface area contributed by atoms with Crippen molar-refractivity contribution in [2.75, 3.05) is 14.1 Å². The van der Waals surface area contributed by atoms with Gasteiger partial charge in [0.2, 0.25) is 0 Å². The molecule has 0 N–H and O–H groups in total. The zero-order valence-electron chi connectivity index (χ0n) is 23.0. The second-order valence-electron chi connectivity index (χ2n) is 9.57. The third-order valence-corrected chi connectivity index (χ3v) is 11.5. The van der Waals surface area contributed by atoms with Gasteiger partial charge < -0.3 is 9.80 Å². The Labute approximate surface area is 264 Å². The number of nitrogens with zero attached hydrogens (tertiary/aromatic N) is 5. The summed E-state index contributed by atoms with van der Waals surface area (Å²) in [6.07, 6.45) is 3.43. The Balaban J connectivity index is 1.37. The van der Waals surface area contributed by atoms with Crippen LogP contribution in [0.5, 0.6) is 0 Å². The van der Waals surface area contributed by atoms with Crippen molar-refractivity contribution in [3.8, 4) is 25.6 Å². The standard InChI is InChI=1S/C32H19N5O2S4/c1-17(16-33)14-18-6-8-20(40-18)22-10-12-24(42-22)29-27-28(32(39)36(29)4)30(37(5)31(27)38)25-13-11-23(43-25)21-9-7-19(41-21)15-26(34-2)35-3/h6-15H,1,4-5H3/b17-14-. The summed E-state index contributed by atoms with van der Waals surface area (Å²) in [5.74, 6) is -0.418. The molecule has 4 aromatic rings. The summed E-state index contributed by atoms with van der Waals surface area (Å²) >= 11 is 6.09. The van der Waals surface area contributed by atoms with E-state index in [2.05, 4.69) is 15.8 Å². The number of amides is 2. The average Bonchev–Trinajstić information content (AvgIpc) is 3.85. The van der Waals surface area contributed by atoms with Crippen molar-refractivity contribution in [1.82, 2.24) is 9.80 Å². The number of hydrogen-bond acceptors (Lipinski definition) is 7. The van der Waals surface area contributed by atoms with Crippen LogP contribution in [-0.4, -0.2) is 35.7 Å². The molecule has 0 atom stereocenters. The third-order valence-electron chi connectivity index (χ3n) is 6.89. The van der Waals surface area contributed by atoms with E-state index in [4.69, 9.17) is 18.4 Å². The number of carbonyl (C=O) groups is 2.